The summed E-state index contributed by atoms with van der Waals surface area (Å²) in [5.74, 6) is 0. The maximum Gasteiger partial charge on any atom is 0.419 e. The lowest BCUT2D eigenvalue weighted by Gasteiger charge is -2.07. The highest BCUT2D eigenvalue weighted by molar-refractivity contribution is 9.08. The minimum atomic E-state index is -4.36. The molecule has 2 aromatic rings. The monoisotopic (exact) mass is 318 g/mol. The van der Waals surface area contributed by atoms with Crippen LogP contribution >= 0.6 is 15.9 Å². The molecule has 96 valence electrons. The van der Waals surface area contributed by atoms with E-state index in [9.17, 15) is 13.2 Å². The highest BCUT2D eigenvalue weighted by atomic mass is 79.9. The molecular weight excluding hydrogens is 309 g/mol. The molecule has 0 saturated heterocycles. The summed E-state index contributed by atoms with van der Waals surface area (Å²) in [6, 6.07) is 5.53. The molecule has 0 fully saturated rings. The van der Waals surface area contributed by atoms with Crippen LogP contribution in [-0.4, -0.2) is 9.78 Å². The Labute approximate surface area is 111 Å². The van der Waals surface area contributed by atoms with Crippen molar-refractivity contribution in [3.8, 4) is 5.69 Å². The normalized spacial score (nSPS) is 11.8. The van der Waals surface area contributed by atoms with E-state index >= 15 is 0 Å². The molecule has 1 aromatic carbocycles. The fourth-order valence-corrected chi connectivity index (χ4v) is 2.01. The summed E-state index contributed by atoms with van der Waals surface area (Å²) in [4.78, 5) is 0. The molecule has 1 aromatic heterocycles. The van der Waals surface area contributed by atoms with E-state index in [1.807, 2.05) is 19.1 Å². The second kappa shape index (κ2) is 4.76. The van der Waals surface area contributed by atoms with Crippen LogP contribution in [0.3, 0.4) is 0 Å². The fraction of sp³-hybridized carbons (Fsp3) is 0.250. The maximum atomic E-state index is 12.5. The van der Waals surface area contributed by atoms with Gasteiger partial charge in [-0.2, -0.15) is 18.3 Å². The molecule has 0 saturated carbocycles. The highest BCUT2D eigenvalue weighted by Crippen LogP contribution is 2.29. The van der Waals surface area contributed by atoms with E-state index in [2.05, 4.69) is 21.0 Å². The standard InChI is InChI=1S/C12H10BrF3N2/c1-8-4-9(5-13)2-3-11(8)18-7-10(6-17-18)12(14,15)16/h2-4,6-7H,5H2,1H3. The zero-order valence-corrected chi connectivity index (χ0v) is 11.1. The number of aromatic nitrogens is 2. The van der Waals surface area contributed by atoms with Gasteiger partial charge in [-0.05, 0) is 24.1 Å². The van der Waals surface area contributed by atoms with Gasteiger partial charge in [0.2, 0.25) is 0 Å². The van der Waals surface area contributed by atoms with E-state index in [0.29, 0.717) is 11.0 Å². The van der Waals surface area contributed by atoms with E-state index in [4.69, 9.17) is 0 Å². The van der Waals surface area contributed by atoms with Crippen LogP contribution in [0.15, 0.2) is 30.6 Å². The first-order chi connectivity index (χ1) is 8.41. The zero-order chi connectivity index (χ0) is 13.3. The Hall–Kier alpha value is -1.30. The summed E-state index contributed by atoms with van der Waals surface area (Å²) in [5, 5.41) is 4.46. The van der Waals surface area contributed by atoms with Crippen molar-refractivity contribution in [1.82, 2.24) is 9.78 Å². The van der Waals surface area contributed by atoms with Gasteiger partial charge in [0, 0.05) is 11.5 Å². The summed E-state index contributed by atoms with van der Waals surface area (Å²) in [7, 11) is 0. The summed E-state index contributed by atoms with van der Waals surface area (Å²) >= 11 is 3.33. The molecule has 0 aliphatic carbocycles. The lowest BCUT2D eigenvalue weighted by molar-refractivity contribution is -0.137. The van der Waals surface area contributed by atoms with E-state index in [1.165, 1.54) is 4.68 Å². The molecule has 0 aliphatic heterocycles. The zero-order valence-electron chi connectivity index (χ0n) is 9.50. The Balaban J connectivity index is 2.40. The number of hydrogen-bond acceptors (Lipinski definition) is 1. The minimum absolute atomic E-state index is 0.648. The third kappa shape index (κ3) is 2.58. The Morgan fingerprint density at radius 3 is 2.56 bits per heavy atom. The average Bonchev–Trinajstić information content (AvgIpc) is 2.77. The lowest BCUT2D eigenvalue weighted by Crippen LogP contribution is -2.03. The molecule has 2 rings (SSSR count). The van der Waals surface area contributed by atoms with Crippen molar-refractivity contribution in [2.24, 2.45) is 0 Å². The van der Waals surface area contributed by atoms with Crippen molar-refractivity contribution in [2.75, 3.05) is 0 Å². The maximum absolute atomic E-state index is 12.5. The Morgan fingerprint density at radius 1 is 1.33 bits per heavy atom. The van der Waals surface area contributed by atoms with Gasteiger partial charge in [-0.1, -0.05) is 28.1 Å². The van der Waals surface area contributed by atoms with Crippen molar-refractivity contribution in [1.29, 1.82) is 0 Å². The molecule has 0 spiro atoms. The molecule has 0 radical (unpaired) electrons. The third-order valence-electron chi connectivity index (χ3n) is 2.57. The van der Waals surface area contributed by atoms with Crippen molar-refractivity contribution in [3.05, 3.63) is 47.3 Å². The Bertz CT molecular complexity index is 561. The molecule has 0 bridgehead atoms. The molecule has 2 nitrogen and oxygen atoms in total. The first kappa shape index (κ1) is 13.1. The fourth-order valence-electron chi connectivity index (χ4n) is 1.66. The van der Waals surface area contributed by atoms with Gasteiger partial charge in [0.15, 0.2) is 0 Å². The summed E-state index contributed by atoms with van der Waals surface area (Å²) in [6.07, 6.45) is -2.53. The number of nitrogens with zero attached hydrogens (tertiary/aromatic N) is 2. The van der Waals surface area contributed by atoms with Crippen molar-refractivity contribution >= 4 is 15.9 Å². The predicted octanol–water partition coefficient (Wildman–Crippen LogP) is 4.09. The van der Waals surface area contributed by atoms with Crippen LogP contribution in [0, 0.1) is 6.92 Å². The average molecular weight is 319 g/mol. The second-order valence-corrected chi connectivity index (χ2v) is 4.49. The van der Waals surface area contributed by atoms with Crippen molar-refractivity contribution in [3.63, 3.8) is 0 Å². The lowest BCUT2D eigenvalue weighted by atomic mass is 10.1. The summed E-state index contributed by atoms with van der Waals surface area (Å²) in [6.45, 7) is 1.84. The van der Waals surface area contributed by atoms with Crippen LogP contribution in [0.5, 0.6) is 0 Å². The van der Waals surface area contributed by atoms with Crippen molar-refractivity contribution < 1.29 is 13.2 Å². The first-order valence-electron chi connectivity index (χ1n) is 5.19. The predicted molar refractivity (Wildman–Crippen MR) is 65.9 cm³/mol. The molecule has 0 amide bonds. The summed E-state index contributed by atoms with van der Waals surface area (Å²) < 4.78 is 38.7. The minimum Gasteiger partial charge on any atom is -0.240 e. The van der Waals surface area contributed by atoms with Gasteiger partial charge in [0.1, 0.15) is 0 Å². The van der Waals surface area contributed by atoms with Crippen LogP contribution in [-0.2, 0) is 11.5 Å². The number of alkyl halides is 4. The molecule has 0 aliphatic rings. The smallest absolute Gasteiger partial charge is 0.240 e. The van der Waals surface area contributed by atoms with Crippen LogP contribution in [0.1, 0.15) is 16.7 Å². The van der Waals surface area contributed by atoms with Gasteiger partial charge < -0.3 is 0 Å². The quantitative estimate of drug-likeness (QED) is 0.762. The van der Waals surface area contributed by atoms with Gasteiger partial charge in [-0.15, -0.1) is 0 Å². The van der Waals surface area contributed by atoms with Crippen LogP contribution in [0.2, 0.25) is 0 Å². The largest absolute Gasteiger partial charge is 0.419 e. The van der Waals surface area contributed by atoms with Gasteiger partial charge in [0.25, 0.3) is 0 Å². The first-order valence-corrected chi connectivity index (χ1v) is 6.31. The topological polar surface area (TPSA) is 17.8 Å². The van der Waals surface area contributed by atoms with Gasteiger partial charge in [0.05, 0.1) is 17.4 Å². The number of rotatable bonds is 2. The number of benzene rings is 1. The van der Waals surface area contributed by atoms with Crippen LogP contribution in [0.25, 0.3) is 5.69 Å². The van der Waals surface area contributed by atoms with E-state index in [1.54, 1.807) is 6.07 Å². The number of aryl methyl sites for hydroxylation is 1. The molecule has 1 heterocycles. The van der Waals surface area contributed by atoms with Crippen LogP contribution < -0.4 is 0 Å². The third-order valence-corrected chi connectivity index (χ3v) is 3.22. The molecule has 0 unspecified atom stereocenters. The van der Waals surface area contributed by atoms with Gasteiger partial charge >= 0.3 is 6.18 Å². The van der Waals surface area contributed by atoms with Crippen LogP contribution in [0.4, 0.5) is 13.2 Å². The second-order valence-electron chi connectivity index (χ2n) is 3.93. The molecule has 18 heavy (non-hydrogen) atoms. The van der Waals surface area contributed by atoms with Gasteiger partial charge in [-0.3, -0.25) is 0 Å². The van der Waals surface area contributed by atoms with Gasteiger partial charge in [-0.25, -0.2) is 4.68 Å². The Kier molecular flexibility index (Phi) is 3.47. The Morgan fingerprint density at radius 2 is 2.06 bits per heavy atom. The highest BCUT2D eigenvalue weighted by Gasteiger charge is 2.32. The molecule has 6 heteroatoms. The number of halogens is 4. The van der Waals surface area contributed by atoms with Crippen molar-refractivity contribution in [2.45, 2.75) is 18.4 Å². The SMILES string of the molecule is Cc1cc(CBr)ccc1-n1cc(C(F)(F)F)cn1. The van der Waals surface area contributed by atoms with E-state index in [-0.39, 0.29) is 0 Å². The molecule has 0 N–H and O–H groups in total. The summed E-state index contributed by atoms with van der Waals surface area (Å²) in [5.41, 5.74) is 1.85. The van der Waals surface area contributed by atoms with E-state index < -0.39 is 11.7 Å². The van der Waals surface area contributed by atoms with E-state index in [0.717, 1.165) is 23.5 Å². The number of hydrogen-bond donors (Lipinski definition) is 0. The molecule has 0 atom stereocenters. The molecular formula is C12H10BrF3N2.